The molecule has 1 fully saturated rings. The largest absolute Gasteiger partial charge is 0.377 e. The van der Waals surface area contributed by atoms with Gasteiger partial charge in [-0.15, -0.1) is 0 Å². The Labute approximate surface area is 177 Å². The number of likely N-dealkylation sites (N-methyl/N-ethyl adjacent to an activating group) is 1. The lowest BCUT2D eigenvalue weighted by Gasteiger charge is -2.51. The molecule has 2 aliphatic heterocycles. The van der Waals surface area contributed by atoms with Crippen molar-refractivity contribution in [2.45, 2.75) is 18.9 Å². The third kappa shape index (κ3) is 2.74. The molecule has 8 nitrogen and oxygen atoms in total. The van der Waals surface area contributed by atoms with Gasteiger partial charge in [-0.3, -0.25) is 9.36 Å². The molecule has 1 atom stereocenters. The Bertz CT molecular complexity index is 1180. The molecule has 160 valence electrons. The minimum atomic E-state index is -0.989. The highest BCUT2D eigenvalue weighted by Crippen LogP contribution is 2.41. The summed E-state index contributed by atoms with van der Waals surface area (Å²) in [6.45, 7) is 3.20. The van der Waals surface area contributed by atoms with Crippen LogP contribution in [0.25, 0.3) is 17.3 Å². The molecular weight excluding hydrogens is 406 g/mol. The topological polar surface area (TPSA) is 76.4 Å². The van der Waals surface area contributed by atoms with Gasteiger partial charge in [-0.1, -0.05) is 13.0 Å². The predicted molar refractivity (Wildman–Crippen MR) is 109 cm³/mol. The van der Waals surface area contributed by atoms with Crippen LogP contribution in [0.1, 0.15) is 13.3 Å². The lowest BCUT2D eigenvalue weighted by atomic mass is 9.89. The van der Waals surface area contributed by atoms with Crippen LogP contribution in [0.5, 0.6) is 0 Å². The summed E-state index contributed by atoms with van der Waals surface area (Å²) < 4.78 is 35.3. The fraction of sp³-hybridized carbons (Fsp3) is 0.333. The fourth-order valence-electron chi connectivity index (χ4n) is 4.29. The molecule has 0 aliphatic carbocycles. The van der Waals surface area contributed by atoms with Gasteiger partial charge in [-0.25, -0.2) is 18.7 Å². The Hall–Kier alpha value is -3.40. The number of rotatable bonds is 3. The summed E-state index contributed by atoms with van der Waals surface area (Å²) in [5, 5.41) is 0. The molecule has 5 rings (SSSR count). The number of hydrogen-bond donors (Lipinski definition) is 0. The smallest absolute Gasteiger partial charge is 0.255 e. The lowest BCUT2D eigenvalue weighted by Crippen LogP contribution is -2.68. The fourth-order valence-corrected chi connectivity index (χ4v) is 4.29. The van der Waals surface area contributed by atoms with Crippen LogP contribution in [0, 0.1) is 11.6 Å². The van der Waals surface area contributed by atoms with E-state index in [1.807, 2.05) is 11.8 Å². The van der Waals surface area contributed by atoms with Gasteiger partial charge in [0.05, 0.1) is 25.0 Å². The van der Waals surface area contributed by atoms with Crippen molar-refractivity contribution in [2.75, 3.05) is 36.6 Å². The molecule has 0 N–H and O–H groups in total. The van der Waals surface area contributed by atoms with Crippen LogP contribution in [-0.2, 0) is 9.53 Å². The van der Waals surface area contributed by atoms with Crippen LogP contribution >= 0.6 is 0 Å². The molecular formula is C21H20F2N6O2. The molecule has 0 radical (unpaired) electrons. The molecule has 1 saturated heterocycles. The second kappa shape index (κ2) is 7.09. The maximum absolute atomic E-state index is 14.4. The second-order valence-electron chi connectivity index (χ2n) is 7.55. The molecule has 1 amide bonds. The molecule has 2 aliphatic rings. The summed E-state index contributed by atoms with van der Waals surface area (Å²) in [5.41, 5.74) is -0.246. The lowest BCUT2D eigenvalue weighted by molar-refractivity contribution is -0.128. The molecule has 0 spiro atoms. The number of amides is 1. The third-order valence-electron chi connectivity index (χ3n) is 6.01. The first-order chi connectivity index (χ1) is 15.0. The second-order valence-corrected chi connectivity index (χ2v) is 7.55. The van der Waals surface area contributed by atoms with E-state index in [4.69, 9.17) is 9.72 Å². The van der Waals surface area contributed by atoms with Crippen molar-refractivity contribution in [3.63, 3.8) is 0 Å². The van der Waals surface area contributed by atoms with Gasteiger partial charge in [0.15, 0.2) is 17.5 Å². The van der Waals surface area contributed by atoms with E-state index in [0.29, 0.717) is 31.1 Å². The zero-order valence-corrected chi connectivity index (χ0v) is 17.0. The monoisotopic (exact) mass is 426 g/mol. The van der Waals surface area contributed by atoms with E-state index in [-0.39, 0.29) is 29.9 Å². The van der Waals surface area contributed by atoms with E-state index in [1.165, 1.54) is 22.9 Å². The SMILES string of the molecule is CC[C@@]12COCCN1c1nc(-n3ccnc3-c3cccc(F)c3F)ncc1N(C)C2=O. The Morgan fingerprint density at radius 1 is 1.26 bits per heavy atom. The van der Waals surface area contributed by atoms with E-state index >= 15 is 0 Å². The summed E-state index contributed by atoms with van der Waals surface area (Å²) in [5.74, 6) is -0.994. The van der Waals surface area contributed by atoms with Crippen LogP contribution in [0.2, 0.25) is 0 Å². The van der Waals surface area contributed by atoms with Gasteiger partial charge in [0.1, 0.15) is 17.1 Å². The van der Waals surface area contributed by atoms with Crippen LogP contribution in [0.4, 0.5) is 20.3 Å². The van der Waals surface area contributed by atoms with Crippen LogP contribution < -0.4 is 9.80 Å². The zero-order chi connectivity index (χ0) is 21.8. The number of benzene rings is 1. The number of anilines is 2. The van der Waals surface area contributed by atoms with Gasteiger partial charge in [0.25, 0.3) is 5.91 Å². The molecule has 0 saturated carbocycles. The van der Waals surface area contributed by atoms with Crippen molar-refractivity contribution in [3.8, 4) is 17.3 Å². The van der Waals surface area contributed by atoms with Crippen molar-refractivity contribution >= 4 is 17.4 Å². The average Bonchev–Trinajstić information content (AvgIpc) is 3.28. The number of aromatic nitrogens is 4. The molecule has 0 unspecified atom stereocenters. The highest BCUT2D eigenvalue weighted by molar-refractivity contribution is 6.07. The first-order valence-corrected chi connectivity index (χ1v) is 9.96. The first kappa shape index (κ1) is 19.6. The summed E-state index contributed by atoms with van der Waals surface area (Å²) in [6, 6.07) is 3.92. The minimum absolute atomic E-state index is 0.00731. The minimum Gasteiger partial charge on any atom is -0.377 e. The maximum Gasteiger partial charge on any atom is 0.255 e. The normalized spacial score (nSPS) is 20.6. The highest BCUT2D eigenvalue weighted by atomic mass is 19.2. The first-order valence-electron chi connectivity index (χ1n) is 9.96. The number of ether oxygens (including phenoxy) is 1. The van der Waals surface area contributed by atoms with Crippen LogP contribution in [0.15, 0.2) is 36.8 Å². The van der Waals surface area contributed by atoms with Crippen LogP contribution in [0.3, 0.4) is 0 Å². The summed E-state index contributed by atoms with van der Waals surface area (Å²) in [4.78, 5) is 30.0. The number of imidazole rings is 1. The Morgan fingerprint density at radius 2 is 2.10 bits per heavy atom. The quantitative estimate of drug-likeness (QED) is 0.641. The number of nitrogens with zero attached hydrogens (tertiary/aromatic N) is 6. The maximum atomic E-state index is 14.4. The molecule has 1 aromatic carbocycles. The number of fused-ring (bicyclic) bond motifs is 3. The molecule has 3 aromatic rings. The van der Waals surface area contributed by atoms with E-state index < -0.39 is 17.2 Å². The number of carbonyl (C=O) groups is 1. The van der Waals surface area contributed by atoms with E-state index in [9.17, 15) is 13.6 Å². The summed E-state index contributed by atoms with van der Waals surface area (Å²) in [6.07, 6.45) is 5.19. The molecule has 2 aromatic heterocycles. The number of morpholine rings is 1. The molecule has 31 heavy (non-hydrogen) atoms. The zero-order valence-electron chi connectivity index (χ0n) is 17.0. The van der Waals surface area contributed by atoms with Gasteiger partial charge in [-0.2, -0.15) is 4.98 Å². The third-order valence-corrected chi connectivity index (χ3v) is 6.01. The van der Waals surface area contributed by atoms with Gasteiger partial charge < -0.3 is 14.5 Å². The van der Waals surface area contributed by atoms with Crippen molar-refractivity contribution in [1.82, 2.24) is 19.5 Å². The Kier molecular flexibility index (Phi) is 4.47. The van der Waals surface area contributed by atoms with E-state index in [2.05, 4.69) is 9.97 Å². The standard InChI is InChI=1S/C21H20F2N6O2/c1-3-21-12-31-10-9-29(21)18-15(27(2)19(21)30)11-25-20(26-18)28-8-7-24-17(28)13-5-4-6-14(22)16(13)23/h4-8,11H,3,9-10,12H2,1-2H3/t21-/m0/s1. The average molecular weight is 426 g/mol. The number of halogens is 2. The molecule has 0 bridgehead atoms. The van der Waals surface area contributed by atoms with Crippen molar-refractivity contribution < 1.29 is 18.3 Å². The van der Waals surface area contributed by atoms with Gasteiger partial charge >= 0.3 is 0 Å². The Balaban J connectivity index is 1.66. The number of carbonyl (C=O) groups excluding carboxylic acids is 1. The summed E-state index contributed by atoms with van der Waals surface area (Å²) in [7, 11) is 1.69. The molecule has 10 heteroatoms. The van der Waals surface area contributed by atoms with Crippen molar-refractivity contribution in [1.29, 1.82) is 0 Å². The molecule has 4 heterocycles. The van der Waals surface area contributed by atoms with Crippen LogP contribution in [-0.4, -0.2) is 57.8 Å². The Morgan fingerprint density at radius 3 is 2.90 bits per heavy atom. The summed E-state index contributed by atoms with van der Waals surface area (Å²) >= 11 is 0. The number of hydrogen-bond acceptors (Lipinski definition) is 6. The van der Waals surface area contributed by atoms with Crippen molar-refractivity contribution in [3.05, 3.63) is 48.4 Å². The highest BCUT2D eigenvalue weighted by Gasteiger charge is 2.52. The van der Waals surface area contributed by atoms with Crippen molar-refractivity contribution in [2.24, 2.45) is 0 Å². The van der Waals surface area contributed by atoms with Gasteiger partial charge in [-0.05, 0) is 18.6 Å². The van der Waals surface area contributed by atoms with Gasteiger partial charge in [0, 0.05) is 26.0 Å². The van der Waals surface area contributed by atoms with E-state index in [1.54, 1.807) is 24.3 Å². The van der Waals surface area contributed by atoms with E-state index in [0.717, 1.165) is 6.07 Å². The predicted octanol–water partition coefficient (Wildman–Crippen LogP) is 2.57. The van der Waals surface area contributed by atoms with Gasteiger partial charge in [0.2, 0.25) is 5.95 Å².